The molecule has 0 aliphatic rings. The van der Waals surface area contributed by atoms with Gasteiger partial charge in [0.05, 0.1) is 0 Å². The fourth-order valence-corrected chi connectivity index (χ4v) is 2.44. The lowest BCUT2D eigenvalue weighted by atomic mass is 10.1. The van der Waals surface area contributed by atoms with Crippen molar-refractivity contribution < 1.29 is 8.78 Å². The number of halogens is 2. The molecule has 1 heterocycles. The molecular weight excluding hydrogens is 310 g/mol. The van der Waals surface area contributed by atoms with Crippen LogP contribution in [-0.2, 0) is 13.1 Å². The molecule has 2 N–H and O–H groups in total. The molecule has 0 saturated heterocycles. The maximum atomic E-state index is 13.6. The minimum Gasteiger partial charge on any atom is -0.328 e. The van der Waals surface area contributed by atoms with E-state index in [-0.39, 0.29) is 17.2 Å². The smallest absolute Gasteiger partial charge is 0.252 e. The first-order valence-corrected chi connectivity index (χ1v) is 7.55. The molecule has 3 nitrogen and oxygen atoms in total. The molecule has 0 atom stereocenters. The number of aromatic nitrogens is 1. The van der Waals surface area contributed by atoms with E-state index in [4.69, 9.17) is 0 Å². The van der Waals surface area contributed by atoms with E-state index < -0.39 is 0 Å². The van der Waals surface area contributed by atoms with Crippen LogP contribution < -0.4 is 10.9 Å². The molecule has 0 aliphatic carbocycles. The maximum Gasteiger partial charge on any atom is 0.252 e. The average Bonchev–Trinajstić information content (AvgIpc) is 2.59. The summed E-state index contributed by atoms with van der Waals surface area (Å²) in [4.78, 5) is 14.6. The highest BCUT2D eigenvalue weighted by Crippen LogP contribution is 2.18. The third kappa shape index (κ3) is 3.75. The number of pyridine rings is 1. The molecule has 1 aromatic heterocycles. The Hall–Kier alpha value is -2.79. The summed E-state index contributed by atoms with van der Waals surface area (Å²) in [5.74, 6) is -0.589. The van der Waals surface area contributed by atoms with Gasteiger partial charge in [-0.15, -0.1) is 0 Å². The maximum absolute atomic E-state index is 13.6. The second kappa shape index (κ2) is 7.19. The Kier molecular flexibility index (Phi) is 4.82. The average molecular weight is 326 g/mol. The lowest BCUT2D eigenvalue weighted by Crippen LogP contribution is -2.21. The molecule has 122 valence electrons. The van der Waals surface area contributed by atoms with Gasteiger partial charge in [0.1, 0.15) is 11.6 Å². The van der Waals surface area contributed by atoms with Crippen molar-refractivity contribution in [2.75, 3.05) is 0 Å². The zero-order valence-corrected chi connectivity index (χ0v) is 12.9. The van der Waals surface area contributed by atoms with E-state index >= 15 is 0 Å². The molecule has 2 aromatic carbocycles. The lowest BCUT2D eigenvalue weighted by Gasteiger charge is -2.08. The molecular formula is C19H16F2N2O. The molecule has 0 saturated carbocycles. The normalized spacial score (nSPS) is 10.8. The fraction of sp³-hybridized carbons (Fsp3) is 0.105. The second-order valence-electron chi connectivity index (χ2n) is 5.44. The first-order valence-electron chi connectivity index (χ1n) is 7.55. The molecule has 0 fully saturated rings. The van der Waals surface area contributed by atoms with Crippen molar-refractivity contribution in [3.63, 3.8) is 0 Å². The van der Waals surface area contributed by atoms with Crippen molar-refractivity contribution >= 4 is 0 Å². The number of benzene rings is 2. The van der Waals surface area contributed by atoms with E-state index in [9.17, 15) is 13.6 Å². The van der Waals surface area contributed by atoms with Gasteiger partial charge in [-0.1, -0.05) is 30.3 Å². The van der Waals surface area contributed by atoms with Gasteiger partial charge in [0.2, 0.25) is 0 Å². The topological polar surface area (TPSA) is 44.9 Å². The molecule has 5 heteroatoms. The van der Waals surface area contributed by atoms with Gasteiger partial charge in [-0.2, -0.15) is 0 Å². The Bertz CT molecular complexity index is 888. The summed E-state index contributed by atoms with van der Waals surface area (Å²) in [6.07, 6.45) is 1.59. The van der Waals surface area contributed by atoms with Crippen molar-refractivity contribution in [3.05, 3.63) is 93.9 Å². The monoisotopic (exact) mass is 326 g/mol. The van der Waals surface area contributed by atoms with Gasteiger partial charge in [0.15, 0.2) is 0 Å². The van der Waals surface area contributed by atoms with E-state index in [0.717, 1.165) is 11.1 Å². The van der Waals surface area contributed by atoms with Gasteiger partial charge >= 0.3 is 0 Å². The summed E-state index contributed by atoms with van der Waals surface area (Å²) in [5.41, 5.74) is 2.47. The number of nitrogens with one attached hydrogen (secondary N) is 2. The van der Waals surface area contributed by atoms with Gasteiger partial charge < -0.3 is 10.3 Å². The lowest BCUT2D eigenvalue weighted by molar-refractivity contribution is 0.587. The second-order valence-corrected chi connectivity index (χ2v) is 5.44. The molecule has 0 unspecified atom stereocenters. The van der Waals surface area contributed by atoms with Crippen molar-refractivity contribution in [3.8, 4) is 11.1 Å². The number of hydrogen-bond donors (Lipinski definition) is 2. The van der Waals surface area contributed by atoms with Gasteiger partial charge in [-0.05, 0) is 35.4 Å². The zero-order chi connectivity index (χ0) is 16.9. The summed E-state index contributed by atoms with van der Waals surface area (Å²) < 4.78 is 26.6. The van der Waals surface area contributed by atoms with Crippen LogP contribution in [-0.4, -0.2) is 4.98 Å². The quantitative estimate of drug-likeness (QED) is 0.752. The van der Waals surface area contributed by atoms with Crippen molar-refractivity contribution in [1.82, 2.24) is 10.3 Å². The summed E-state index contributed by atoms with van der Waals surface area (Å²) in [6, 6.07) is 14.3. The van der Waals surface area contributed by atoms with Crippen LogP contribution in [0, 0.1) is 11.6 Å². The van der Waals surface area contributed by atoms with E-state index in [1.54, 1.807) is 42.6 Å². The summed E-state index contributed by atoms with van der Waals surface area (Å²) >= 11 is 0. The van der Waals surface area contributed by atoms with E-state index in [2.05, 4.69) is 10.3 Å². The first-order chi connectivity index (χ1) is 11.6. The molecule has 24 heavy (non-hydrogen) atoms. The summed E-state index contributed by atoms with van der Waals surface area (Å²) in [7, 11) is 0. The van der Waals surface area contributed by atoms with Gasteiger partial charge in [-0.25, -0.2) is 8.78 Å². The fourth-order valence-electron chi connectivity index (χ4n) is 2.44. The first kappa shape index (κ1) is 16.1. The predicted octanol–water partition coefficient (Wildman–Crippen LogP) is 3.61. The van der Waals surface area contributed by atoms with Crippen molar-refractivity contribution in [1.29, 1.82) is 0 Å². The molecule has 0 radical (unpaired) electrons. The Morgan fingerprint density at radius 1 is 0.875 bits per heavy atom. The zero-order valence-electron chi connectivity index (χ0n) is 12.9. The molecule has 0 aliphatic heterocycles. The highest BCUT2D eigenvalue weighted by molar-refractivity contribution is 5.62. The number of aromatic amines is 1. The van der Waals surface area contributed by atoms with Crippen LogP contribution in [0.4, 0.5) is 8.78 Å². The number of rotatable bonds is 5. The van der Waals surface area contributed by atoms with Gasteiger partial charge in [-0.3, -0.25) is 4.79 Å². The SMILES string of the molecule is O=c1[nH]cc(-c2ccc(F)cc2)cc1CNCc1ccccc1F. The molecule has 3 aromatic rings. The third-order valence-electron chi connectivity index (χ3n) is 3.75. The Labute approximate surface area is 138 Å². The van der Waals surface area contributed by atoms with Gasteiger partial charge in [0, 0.05) is 30.4 Å². The molecule has 0 bridgehead atoms. The highest BCUT2D eigenvalue weighted by Gasteiger charge is 2.05. The third-order valence-corrected chi connectivity index (χ3v) is 3.75. The van der Waals surface area contributed by atoms with E-state index in [1.165, 1.54) is 18.2 Å². The van der Waals surface area contributed by atoms with Crippen LogP contribution in [0.25, 0.3) is 11.1 Å². The molecule has 0 amide bonds. The van der Waals surface area contributed by atoms with Crippen LogP contribution in [0.5, 0.6) is 0 Å². The Balaban J connectivity index is 1.74. The minimum atomic E-state index is -0.310. The van der Waals surface area contributed by atoms with Gasteiger partial charge in [0.25, 0.3) is 5.56 Å². The van der Waals surface area contributed by atoms with Crippen molar-refractivity contribution in [2.24, 2.45) is 0 Å². The summed E-state index contributed by atoms with van der Waals surface area (Å²) in [6.45, 7) is 0.631. The van der Waals surface area contributed by atoms with Crippen molar-refractivity contribution in [2.45, 2.75) is 13.1 Å². The standard InChI is InChI=1S/C19H16F2N2O/c20-17-7-5-13(6-8-17)15-9-16(19(24)23-12-15)11-22-10-14-3-1-2-4-18(14)21/h1-9,12,22H,10-11H2,(H,23,24). The predicted molar refractivity (Wildman–Crippen MR) is 89.4 cm³/mol. The molecule has 3 rings (SSSR count). The van der Waals surface area contributed by atoms with Crippen LogP contribution in [0.3, 0.4) is 0 Å². The van der Waals surface area contributed by atoms with Crippen LogP contribution in [0.1, 0.15) is 11.1 Å². The highest BCUT2D eigenvalue weighted by atomic mass is 19.1. The molecule has 0 spiro atoms. The Morgan fingerprint density at radius 2 is 1.58 bits per heavy atom. The van der Waals surface area contributed by atoms with E-state index in [0.29, 0.717) is 24.2 Å². The van der Waals surface area contributed by atoms with E-state index in [1.807, 2.05) is 0 Å². The number of H-pyrrole nitrogens is 1. The van der Waals surface area contributed by atoms with Crippen LogP contribution in [0.2, 0.25) is 0 Å². The largest absolute Gasteiger partial charge is 0.328 e. The van der Waals surface area contributed by atoms with Crippen LogP contribution in [0.15, 0.2) is 65.6 Å². The summed E-state index contributed by atoms with van der Waals surface area (Å²) in [5, 5.41) is 3.07. The Morgan fingerprint density at radius 3 is 2.33 bits per heavy atom. The number of hydrogen-bond acceptors (Lipinski definition) is 2. The minimum absolute atomic E-state index is 0.207. The van der Waals surface area contributed by atoms with Crippen LogP contribution >= 0.6 is 0 Å².